The van der Waals surface area contributed by atoms with E-state index in [-0.39, 0.29) is 5.75 Å². The first-order valence-electron chi connectivity index (χ1n) is 11.6. The zero-order chi connectivity index (χ0) is 26.9. The van der Waals surface area contributed by atoms with E-state index in [4.69, 9.17) is 12.2 Å². The van der Waals surface area contributed by atoms with Crippen LogP contribution in [0.15, 0.2) is 84.2 Å². The molecule has 0 aliphatic carbocycles. The highest BCUT2D eigenvalue weighted by atomic mass is 32.1. The van der Waals surface area contributed by atoms with Gasteiger partial charge in [-0.2, -0.15) is 5.10 Å². The lowest BCUT2D eigenvalue weighted by Crippen LogP contribution is -2.24. The lowest BCUT2D eigenvalue weighted by molar-refractivity contribution is -0.274. The van der Waals surface area contributed by atoms with Crippen molar-refractivity contribution in [2.75, 3.05) is 5.32 Å². The van der Waals surface area contributed by atoms with Gasteiger partial charge < -0.3 is 10.1 Å². The number of aryl methyl sites for hydroxylation is 1. The zero-order valence-corrected chi connectivity index (χ0v) is 21.2. The van der Waals surface area contributed by atoms with Gasteiger partial charge in [0.05, 0.1) is 17.2 Å². The first-order chi connectivity index (χ1) is 18.2. The minimum absolute atomic E-state index is 0.276. The van der Waals surface area contributed by atoms with Crippen molar-refractivity contribution in [1.82, 2.24) is 15.0 Å². The molecule has 1 heterocycles. The molecule has 0 aliphatic rings. The molecule has 5 rings (SSSR count). The summed E-state index contributed by atoms with van der Waals surface area (Å²) in [7, 11) is 0. The Morgan fingerprint density at radius 2 is 1.82 bits per heavy atom. The third-order valence-corrected chi connectivity index (χ3v) is 6.33. The Kier molecular flexibility index (Phi) is 6.73. The number of anilines is 1. The second-order valence-electron chi connectivity index (χ2n) is 8.64. The largest absolute Gasteiger partial charge is 0.573 e. The Morgan fingerprint density at radius 1 is 1.03 bits per heavy atom. The van der Waals surface area contributed by atoms with E-state index in [9.17, 15) is 13.2 Å². The number of thiocarbonyl (C=S) groups is 1. The van der Waals surface area contributed by atoms with Gasteiger partial charge in [-0.1, -0.05) is 30.3 Å². The molecule has 0 bridgehead atoms. The van der Waals surface area contributed by atoms with E-state index < -0.39 is 6.36 Å². The van der Waals surface area contributed by atoms with Gasteiger partial charge in [0.1, 0.15) is 12.1 Å². The van der Waals surface area contributed by atoms with Crippen LogP contribution >= 0.6 is 12.2 Å². The number of alkyl halides is 3. The van der Waals surface area contributed by atoms with Gasteiger partial charge in [-0.3, -0.25) is 9.99 Å². The maximum absolute atomic E-state index is 12.5. The number of hydrazone groups is 1. The van der Waals surface area contributed by atoms with Gasteiger partial charge in [0, 0.05) is 16.8 Å². The van der Waals surface area contributed by atoms with Crippen molar-refractivity contribution in [3.8, 4) is 11.4 Å². The summed E-state index contributed by atoms with van der Waals surface area (Å²) in [6, 6.07) is 21.4. The van der Waals surface area contributed by atoms with E-state index in [1.54, 1.807) is 24.7 Å². The third-order valence-electron chi connectivity index (χ3n) is 6.14. The number of nitrogens with one attached hydrogen (secondary N) is 2. The molecule has 0 atom stereocenters. The second-order valence-corrected chi connectivity index (χ2v) is 9.05. The molecule has 0 unspecified atom stereocenters. The maximum Gasteiger partial charge on any atom is 0.573 e. The standard InChI is InChI=1S/C28H22F3N5OS/c1-17-4-3-5-24(18(17)2)34-27(38)35-33-15-19-6-12-23-20(14-19)7-13-25-26(23)32-16-36(25)21-8-10-22(11-9-21)37-28(29,30)31/h3-16H,1-2H3,(H2,34,35,38). The van der Waals surface area contributed by atoms with Crippen LogP contribution in [0.1, 0.15) is 16.7 Å². The van der Waals surface area contributed by atoms with Crippen LogP contribution in [-0.4, -0.2) is 27.2 Å². The van der Waals surface area contributed by atoms with Gasteiger partial charge >= 0.3 is 6.36 Å². The summed E-state index contributed by atoms with van der Waals surface area (Å²) in [5, 5.41) is 9.71. The fourth-order valence-corrected chi connectivity index (χ4v) is 4.29. The number of rotatable bonds is 5. The lowest BCUT2D eigenvalue weighted by atomic mass is 10.1. The van der Waals surface area contributed by atoms with Gasteiger partial charge in [-0.25, -0.2) is 4.98 Å². The molecule has 0 fully saturated rings. The molecule has 10 heteroatoms. The molecule has 1 aromatic heterocycles. The molecule has 2 N–H and O–H groups in total. The van der Waals surface area contributed by atoms with Crippen LogP contribution < -0.4 is 15.5 Å². The van der Waals surface area contributed by atoms with Crippen LogP contribution in [0.5, 0.6) is 5.75 Å². The molecule has 0 amide bonds. The van der Waals surface area contributed by atoms with E-state index in [0.717, 1.165) is 38.6 Å². The van der Waals surface area contributed by atoms with Crippen LogP contribution in [0.25, 0.3) is 27.5 Å². The molecule has 38 heavy (non-hydrogen) atoms. The SMILES string of the molecule is Cc1cccc(NC(=S)NN=Cc2ccc3c(ccc4c3ncn4-c3ccc(OC(F)(F)F)cc3)c2)c1C. The molecule has 4 aromatic carbocycles. The van der Waals surface area contributed by atoms with Crippen molar-refractivity contribution < 1.29 is 17.9 Å². The number of benzene rings is 4. The van der Waals surface area contributed by atoms with Crippen LogP contribution in [0.3, 0.4) is 0 Å². The molecule has 192 valence electrons. The summed E-state index contributed by atoms with van der Waals surface area (Å²) < 4.78 is 43.1. The number of imidazole rings is 1. The highest BCUT2D eigenvalue weighted by Crippen LogP contribution is 2.29. The summed E-state index contributed by atoms with van der Waals surface area (Å²) in [4.78, 5) is 4.55. The van der Waals surface area contributed by atoms with E-state index in [2.05, 4.69) is 25.6 Å². The molecular formula is C28H22F3N5OS. The van der Waals surface area contributed by atoms with Gasteiger partial charge in [0.2, 0.25) is 0 Å². The van der Waals surface area contributed by atoms with Gasteiger partial charge in [0.15, 0.2) is 5.11 Å². The number of fused-ring (bicyclic) bond motifs is 3. The van der Waals surface area contributed by atoms with E-state index >= 15 is 0 Å². The fraction of sp³-hybridized carbons (Fsp3) is 0.107. The Morgan fingerprint density at radius 3 is 2.58 bits per heavy atom. The average molecular weight is 534 g/mol. The average Bonchev–Trinajstić information content (AvgIpc) is 3.31. The Hall–Kier alpha value is -4.44. The highest BCUT2D eigenvalue weighted by Gasteiger charge is 2.31. The molecule has 6 nitrogen and oxygen atoms in total. The van der Waals surface area contributed by atoms with Gasteiger partial charge in [-0.05, 0) is 90.6 Å². The van der Waals surface area contributed by atoms with Crippen LogP contribution in [0.2, 0.25) is 0 Å². The smallest absolute Gasteiger partial charge is 0.406 e. The number of hydrogen-bond donors (Lipinski definition) is 2. The third kappa shape index (κ3) is 5.45. The number of halogens is 3. The molecule has 0 saturated heterocycles. The van der Waals surface area contributed by atoms with E-state index in [1.807, 2.05) is 66.9 Å². The summed E-state index contributed by atoms with van der Waals surface area (Å²) >= 11 is 5.35. The van der Waals surface area contributed by atoms with Crippen molar-refractivity contribution >= 4 is 51.0 Å². The summed E-state index contributed by atoms with van der Waals surface area (Å²) in [6.45, 7) is 4.07. The van der Waals surface area contributed by atoms with Gasteiger partial charge in [0.25, 0.3) is 0 Å². The summed E-state index contributed by atoms with van der Waals surface area (Å²) in [5.41, 5.74) is 9.21. The first kappa shape index (κ1) is 25.2. The highest BCUT2D eigenvalue weighted by molar-refractivity contribution is 7.80. The quantitative estimate of drug-likeness (QED) is 0.145. The fourth-order valence-electron chi connectivity index (χ4n) is 4.12. The first-order valence-corrected chi connectivity index (χ1v) is 12.0. The number of hydrogen-bond acceptors (Lipinski definition) is 4. The zero-order valence-electron chi connectivity index (χ0n) is 20.4. The summed E-state index contributed by atoms with van der Waals surface area (Å²) in [6.07, 6.45) is -1.40. The minimum atomic E-state index is -4.73. The Labute approximate surface area is 221 Å². The normalized spacial score (nSPS) is 11.8. The molecule has 0 saturated carbocycles. The van der Waals surface area contributed by atoms with Crippen LogP contribution in [0.4, 0.5) is 18.9 Å². The molecule has 0 radical (unpaired) electrons. The van der Waals surface area contributed by atoms with Crippen LogP contribution in [-0.2, 0) is 0 Å². The van der Waals surface area contributed by atoms with Crippen molar-refractivity contribution in [2.24, 2.45) is 5.10 Å². The second kappa shape index (κ2) is 10.1. The van der Waals surface area contributed by atoms with Gasteiger partial charge in [-0.15, -0.1) is 13.2 Å². The van der Waals surface area contributed by atoms with E-state index in [1.165, 1.54) is 17.7 Å². The van der Waals surface area contributed by atoms with Crippen molar-refractivity contribution in [1.29, 1.82) is 0 Å². The lowest BCUT2D eigenvalue weighted by Gasteiger charge is -2.11. The molecule has 5 aromatic rings. The van der Waals surface area contributed by atoms with Crippen molar-refractivity contribution in [3.05, 3.63) is 95.8 Å². The Balaban J connectivity index is 1.32. The number of ether oxygens (including phenoxy) is 1. The topological polar surface area (TPSA) is 63.5 Å². The number of nitrogens with zero attached hydrogens (tertiary/aromatic N) is 3. The van der Waals surface area contributed by atoms with Crippen molar-refractivity contribution in [3.63, 3.8) is 0 Å². The predicted octanol–water partition coefficient (Wildman–Crippen LogP) is 7.01. The maximum atomic E-state index is 12.5. The molecule has 0 spiro atoms. The Bertz CT molecular complexity index is 1680. The monoisotopic (exact) mass is 533 g/mol. The van der Waals surface area contributed by atoms with E-state index in [0.29, 0.717) is 10.8 Å². The minimum Gasteiger partial charge on any atom is -0.406 e. The molecular weight excluding hydrogens is 511 g/mol. The molecule has 0 aliphatic heterocycles. The predicted molar refractivity (Wildman–Crippen MR) is 148 cm³/mol. The van der Waals surface area contributed by atoms with Crippen LogP contribution in [0, 0.1) is 13.8 Å². The summed E-state index contributed by atoms with van der Waals surface area (Å²) in [5.74, 6) is -0.276. The van der Waals surface area contributed by atoms with Crippen molar-refractivity contribution in [2.45, 2.75) is 20.2 Å². The number of aromatic nitrogens is 2.